The number of carbonyl (C=O) groups is 1. The lowest BCUT2D eigenvalue weighted by atomic mass is 9.81. The first-order valence-corrected chi connectivity index (χ1v) is 9.67. The van der Waals surface area contributed by atoms with Crippen LogP contribution in [0.1, 0.15) is 32.3 Å². The summed E-state index contributed by atoms with van der Waals surface area (Å²) in [6.45, 7) is 4.80. The van der Waals surface area contributed by atoms with E-state index in [4.69, 9.17) is 4.74 Å². The molecule has 0 aliphatic carbocycles. The highest BCUT2D eigenvalue weighted by molar-refractivity contribution is 5.78. The van der Waals surface area contributed by atoms with Crippen molar-refractivity contribution in [1.82, 2.24) is 9.88 Å². The second-order valence-corrected chi connectivity index (χ2v) is 7.89. The lowest BCUT2D eigenvalue weighted by Crippen LogP contribution is -2.59. The number of aliphatic hydroxyl groups is 1. The number of likely N-dealkylation sites (tertiary alicyclic amines) is 1. The Balaban J connectivity index is 1.75. The van der Waals surface area contributed by atoms with Gasteiger partial charge in [-0.15, -0.1) is 0 Å². The summed E-state index contributed by atoms with van der Waals surface area (Å²) in [5.74, 6) is 0.188. The minimum atomic E-state index is -1.06. The summed E-state index contributed by atoms with van der Waals surface area (Å²) in [4.78, 5) is 18.5. The van der Waals surface area contributed by atoms with E-state index >= 15 is 0 Å². The molecule has 6 heteroatoms. The van der Waals surface area contributed by atoms with Crippen LogP contribution in [0.4, 0.5) is 4.39 Å². The van der Waals surface area contributed by atoms with E-state index in [-0.39, 0.29) is 24.8 Å². The van der Waals surface area contributed by atoms with Crippen molar-refractivity contribution < 1.29 is 19.0 Å². The maximum atomic E-state index is 13.6. The topological polar surface area (TPSA) is 62.7 Å². The van der Waals surface area contributed by atoms with Crippen molar-refractivity contribution in [3.05, 3.63) is 60.2 Å². The molecule has 1 N–H and O–H groups in total. The van der Waals surface area contributed by atoms with Crippen LogP contribution in [0.2, 0.25) is 0 Å². The molecule has 0 bridgehead atoms. The Hall–Kier alpha value is -2.47. The van der Waals surface area contributed by atoms with Gasteiger partial charge in [0.05, 0.1) is 13.0 Å². The fourth-order valence-electron chi connectivity index (χ4n) is 3.76. The average molecular weight is 386 g/mol. The quantitative estimate of drug-likeness (QED) is 0.828. The first-order valence-electron chi connectivity index (χ1n) is 9.67. The van der Waals surface area contributed by atoms with Gasteiger partial charge < -0.3 is 14.7 Å². The Labute approximate surface area is 165 Å². The van der Waals surface area contributed by atoms with Crippen molar-refractivity contribution in [2.75, 3.05) is 13.1 Å². The molecule has 1 amide bonds. The molecule has 1 aliphatic heterocycles. The summed E-state index contributed by atoms with van der Waals surface area (Å²) in [7, 11) is 0. The Morgan fingerprint density at radius 3 is 2.89 bits per heavy atom. The molecule has 1 saturated heterocycles. The number of hydrogen-bond donors (Lipinski definition) is 1. The number of amides is 1. The van der Waals surface area contributed by atoms with E-state index in [2.05, 4.69) is 4.98 Å². The van der Waals surface area contributed by atoms with E-state index in [1.807, 2.05) is 19.9 Å². The van der Waals surface area contributed by atoms with Crippen LogP contribution in [0.5, 0.6) is 5.75 Å². The van der Waals surface area contributed by atoms with Gasteiger partial charge in [0.2, 0.25) is 5.91 Å². The van der Waals surface area contributed by atoms with E-state index < -0.39 is 17.5 Å². The molecule has 1 aromatic heterocycles. The number of carbonyl (C=O) groups excluding carboxylic acids is 1. The SMILES string of the molecule is CC(C)C[C@]1(O)CCN(C(=O)Cc2cccnc2)C[C@@H]1Oc1cccc(F)c1. The minimum absolute atomic E-state index is 0.0348. The molecule has 5 nitrogen and oxygen atoms in total. The highest BCUT2D eigenvalue weighted by Crippen LogP contribution is 2.32. The second kappa shape index (κ2) is 8.69. The number of ether oxygens (including phenoxy) is 1. The van der Waals surface area contributed by atoms with Gasteiger partial charge in [-0.1, -0.05) is 26.0 Å². The zero-order valence-corrected chi connectivity index (χ0v) is 16.3. The van der Waals surface area contributed by atoms with E-state index in [9.17, 15) is 14.3 Å². The van der Waals surface area contributed by atoms with Gasteiger partial charge in [0.25, 0.3) is 0 Å². The average Bonchev–Trinajstić information content (AvgIpc) is 2.64. The van der Waals surface area contributed by atoms with Crippen molar-refractivity contribution in [2.45, 2.75) is 44.8 Å². The smallest absolute Gasteiger partial charge is 0.227 e. The summed E-state index contributed by atoms with van der Waals surface area (Å²) in [6, 6.07) is 9.54. The molecule has 0 radical (unpaired) electrons. The molecule has 3 rings (SSSR count). The number of aromatic nitrogens is 1. The summed E-state index contributed by atoms with van der Waals surface area (Å²) in [5.41, 5.74) is -0.218. The summed E-state index contributed by atoms with van der Waals surface area (Å²) in [6.07, 6.45) is 3.95. The largest absolute Gasteiger partial charge is 0.485 e. The number of pyridine rings is 1. The maximum Gasteiger partial charge on any atom is 0.227 e. The fourth-order valence-corrected chi connectivity index (χ4v) is 3.76. The monoisotopic (exact) mass is 386 g/mol. The van der Waals surface area contributed by atoms with Gasteiger partial charge in [-0.25, -0.2) is 4.39 Å². The van der Waals surface area contributed by atoms with Crippen molar-refractivity contribution in [2.24, 2.45) is 5.92 Å². The number of hydrogen-bond acceptors (Lipinski definition) is 4. The minimum Gasteiger partial charge on any atom is -0.485 e. The molecule has 0 unspecified atom stereocenters. The van der Waals surface area contributed by atoms with Gasteiger partial charge in [0, 0.05) is 25.0 Å². The summed E-state index contributed by atoms with van der Waals surface area (Å²) >= 11 is 0. The van der Waals surface area contributed by atoms with Crippen LogP contribution in [-0.4, -0.2) is 45.7 Å². The normalized spacial score (nSPS) is 22.3. The molecular weight excluding hydrogens is 359 g/mol. The lowest BCUT2D eigenvalue weighted by molar-refractivity contribution is -0.147. The van der Waals surface area contributed by atoms with Gasteiger partial charge in [0.15, 0.2) is 0 Å². The summed E-state index contributed by atoms with van der Waals surface area (Å²) < 4.78 is 19.5. The lowest BCUT2D eigenvalue weighted by Gasteiger charge is -2.45. The number of benzene rings is 1. The zero-order chi connectivity index (χ0) is 20.1. The van der Waals surface area contributed by atoms with Crippen molar-refractivity contribution in [3.8, 4) is 5.75 Å². The molecule has 1 fully saturated rings. The van der Waals surface area contributed by atoms with E-state index in [1.54, 1.807) is 35.5 Å². The molecule has 2 heterocycles. The van der Waals surface area contributed by atoms with Gasteiger partial charge in [-0.2, -0.15) is 0 Å². The van der Waals surface area contributed by atoms with E-state index in [0.717, 1.165) is 5.56 Å². The zero-order valence-electron chi connectivity index (χ0n) is 16.3. The van der Waals surface area contributed by atoms with E-state index in [0.29, 0.717) is 25.1 Å². The standard InChI is InChI=1S/C22H27FN2O3/c1-16(2)13-22(27)8-10-25(21(26)11-17-5-4-9-24-14-17)15-20(22)28-19-7-3-6-18(23)12-19/h3-7,9,12,14,16,20,27H,8,10-11,13,15H2,1-2H3/t20-,22+/m0/s1. The van der Waals surface area contributed by atoms with Crippen molar-refractivity contribution in [3.63, 3.8) is 0 Å². The Morgan fingerprint density at radius 2 is 2.21 bits per heavy atom. The molecular formula is C22H27FN2O3. The molecule has 0 spiro atoms. The molecule has 150 valence electrons. The highest BCUT2D eigenvalue weighted by Gasteiger charge is 2.44. The first kappa shape index (κ1) is 20.3. The first-order chi connectivity index (χ1) is 13.4. The van der Waals surface area contributed by atoms with Gasteiger partial charge in [0.1, 0.15) is 23.3 Å². The van der Waals surface area contributed by atoms with Crippen LogP contribution in [0.3, 0.4) is 0 Å². The van der Waals surface area contributed by atoms with Crippen molar-refractivity contribution >= 4 is 5.91 Å². The molecule has 1 aliphatic rings. The second-order valence-electron chi connectivity index (χ2n) is 7.89. The molecule has 0 saturated carbocycles. The third-order valence-electron chi connectivity index (χ3n) is 5.07. The number of piperidine rings is 1. The highest BCUT2D eigenvalue weighted by atomic mass is 19.1. The summed E-state index contributed by atoms with van der Waals surface area (Å²) in [5, 5.41) is 11.3. The number of halogens is 1. The molecule has 2 aromatic rings. The Bertz CT molecular complexity index is 799. The van der Waals surface area contributed by atoms with E-state index in [1.165, 1.54) is 12.1 Å². The molecule has 1 aromatic carbocycles. The Morgan fingerprint density at radius 1 is 1.39 bits per heavy atom. The fraction of sp³-hybridized carbons (Fsp3) is 0.455. The van der Waals surface area contributed by atoms with Crippen LogP contribution in [-0.2, 0) is 11.2 Å². The van der Waals surface area contributed by atoms with Crippen molar-refractivity contribution in [1.29, 1.82) is 0 Å². The third kappa shape index (κ3) is 5.07. The van der Waals surface area contributed by atoms with Crippen LogP contribution in [0, 0.1) is 11.7 Å². The number of rotatable bonds is 6. The van der Waals surface area contributed by atoms with Crippen LogP contribution in [0.25, 0.3) is 0 Å². The van der Waals surface area contributed by atoms with Gasteiger partial charge in [-0.05, 0) is 42.5 Å². The van der Waals surface area contributed by atoms with Gasteiger partial charge in [-0.3, -0.25) is 9.78 Å². The number of nitrogens with zero attached hydrogens (tertiary/aromatic N) is 2. The van der Waals surface area contributed by atoms with Crippen LogP contribution >= 0.6 is 0 Å². The molecule has 28 heavy (non-hydrogen) atoms. The van der Waals surface area contributed by atoms with Gasteiger partial charge >= 0.3 is 0 Å². The molecule has 2 atom stereocenters. The maximum absolute atomic E-state index is 13.6. The van der Waals surface area contributed by atoms with Crippen LogP contribution in [0.15, 0.2) is 48.8 Å². The predicted molar refractivity (Wildman–Crippen MR) is 104 cm³/mol. The van der Waals surface area contributed by atoms with Crippen LogP contribution < -0.4 is 4.74 Å². The third-order valence-corrected chi connectivity index (χ3v) is 5.07. The predicted octanol–water partition coefficient (Wildman–Crippen LogP) is 3.22. The Kier molecular flexibility index (Phi) is 6.29.